The van der Waals surface area contributed by atoms with Crippen LogP contribution in [0.1, 0.15) is 44.5 Å². The third-order valence-corrected chi connectivity index (χ3v) is 7.91. The lowest BCUT2D eigenvalue weighted by atomic mass is 9.97. The van der Waals surface area contributed by atoms with Gasteiger partial charge < -0.3 is 5.32 Å². The minimum absolute atomic E-state index is 0.0377. The number of amides is 1. The molecule has 226 valence electrons. The Morgan fingerprint density at radius 3 is 2.68 bits per heavy atom. The first-order valence-corrected chi connectivity index (χ1v) is 14.2. The van der Waals surface area contributed by atoms with E-state index in [0.717, 1.165) is 4.73 Å². The number of halogens is 4. The summed E-state index contributed by atoms with van der Waals surface area (Å²) in [6.45, 7) is -1.27. The summed E-state index contributed by atoms with van der Waals surface area (Å²) in [4.78, 5) is 31.2. The predicted molar refractivity (Wildman–Crippen MR) is 155 cm³/mol. The van der Waals surface area contributed by atoms with Crippen molar-refractivity contribution in [1.82, 2.24) is 34.3 Å². The zero-order valence-corrected chi connectivity index (χ0v) is 24.5. The predicted octanol–water partition coefficient (Wildman–Crippen LogP) is 4.93. The first-order valence-electron chi connectivity index (χ1n) is 13.5. The molecule has 2 bridgehead atoms. The number of carbonyl (C=O) groups excluding carboxylic acids is 1. The number of anilines is 1. The average Bonchev–Trinajstić information content (AvgIpc) is 3.62. The van der Waals surface area contributed by atoms with E-state index in [0.29, 0.717) is 45.9 Å². The summed E-state index contributed by atoms with van der Waals surface area (Å²) in [5.74, 6) is -0.819. The molecule has 5 aromatic rings. The Balaban J connectivity index is 1.48. The summed E-state index contributed by atoms with van der Waals surface area (Å²) >= 11 is 12.2. The number of hydrogen-bond donors (Lipinski definition) is 2. The molecule has 1 aliphatic rings. The molecule has 12 nitrogen and oxygen atoms in total. The minimum Gasteiger partial charge on any atom is -0.323 e. The van der Waals surface area contributed by atoms with E-state index >= 15 is 0 Å². The largest absolute Gasteiger partial charge is 0.333 e. The van der Waals surface area contributed by atoms with Crippen molar-refractivity contribution in [2.75, 3.05) is 5.32 Å². The molecule has 1 aliphatic heterocycles. The number of nitrogens with one attached hydrogen (secondary N) is 1. The van der Waals surface area contributed by atoms with Gasteiger partial charge in [0.2, 0.25) is 12.1 Å². The summed E-state index contributed by atoms with van der Waals surface area (Å²) in [7, 11) is 0. The van der Waals surface area contributed by atoms with Crippen LogP contribution in [0.3, 0.4) is 0 Å². The number of benzene rings is 1. The fourth-order valence-electron chi connectivity index (χ4n) is 5.30. The summed E-state index contributed by atoms with van der Waals surface area (Å²) in [6.07, 6.45) is 6.55. The van der Waals surface area contributed by atoms with Crippen LogP contribution in [0, 0.1) is 5.92 Å². The van der Waals surface area contributed by atoms with Crippen molar-refractivity contribution in [2.45, 2.75) is 38.8 Å². The summed E-state index contributed by atoms with van der Waals surface area (Å²) < 4.78 is 32.0. The zero-order chi connectivity index (χ0) is 31.1. The van der Waals surface area contributed by atoms with Gasteiger partial charge in [0.15, 0.2) is 5.15 Å². The van der Waals surface area contributed by atoms with E-state index in [2.05, 4.69) is 25.7 Å². The number of alkyl halides is 2. The van der Waals surface area contributed by atoms with Crippen molar-refractivity contribution >= 4 is 34.8 Å². The van der Waals surface area contributed by atoms with Crippen molar-refractivity contribution in [1.29, 1.82) is 0 Å². The molecule has 0 aliphatic carbocycles. The highest BCUT2D eigenvalue weighted by atomic mass is 35.5. The number of aromatic nitrogens is 8. The molecule has 16 heteroatoms. The van der Waals surface area contributed by atoms with E-state index in [9.17, 15) is 23.6 Å². The second-order valence-electron chi connectivity index (χ2n) is 10.3. The van der Waals surface area contributed by atoms with Gasteiger partial charge in [0.25, 0.3) is 11.3 Å². The molecule has 6 rings (SSSR count). The van der Waals surface area contributed by atoms with Crippen LogP contribution in [0.25, 0.3) is 28.2 Å². The summed E-state index contributed by atoms with van der Waals surface area (Å²) in [5.41, 5.74) is 1.43. The Kier molecular flexibility index (Phi) is 7.86. The third-order valence-electron chi connectivity index (χ3n) is 7.50. The van der Waals surface area contributed by atoms with Gasteiger partial charge in [0, 0.05) is 45.0 Å². The van der Waals surface area contributed by atoms with E-state index < -0.39 is 24.1 Å². The number of fused-ring (bicyclic) bond motifs is 4. The lowest BCUT2D eigenvalue weighted by molar-refractivity contribution is -0.910. The smallest absolute Gasteiger partial charge is 0.323 e. The van der Waals surface area contributed by atoms with E-state index in [4.69, 9.17) is 23.2 Å². The fraction of sp³-hybridized carbons (Fsp3) is 0.250. The molecule has 5 heterocycles. The van der Waals surface area contributed by atoms with Crippen LogP contribution in [-0.4, -0.2) is 45.4 Å². The molecular formula is C28H24Cl2F2N9O3+. The third kappa shape index (κ3) is 5.53. The molecule has 2 N–H and O–H groups in total. The molecule has 1 aromatic carbocycles. The van der Waals surface area contributed by atoms with Crippen LogP contribution in [0.5, 0.6) is 0 Å². The minimum atomic E-state index is -2.99. The maximum Gasteiger partial charge on any atom is 0.333 e. The van der Waals surface area contributed by atoms with Crippen LogP contribution in [0.15, 0.2) is 66.1 Å². The topological polar surface area (TPSA) is 137 Å². The lowest BCUT2D eigenvalue weighted by Crippen LogP contribution is -2.40. The van der Waals surface area contributed by atoms with Crippen molar-refractivity contribution < 1.29 is 23.5 Å². The van der Waals surface area contributed by atoms with Crippen molar-refractivity contribution in [3.8, 4) is 28.2 Å². The Hall–Kier alpha value is -4.69. The van der Waals surface area contributed by atoms with Crippen molar-refractivity contribution in [3.63, 3.8) is 0 Å². The standard InChI is InChI=1S/C28H23Cl2F2N9O3/c1-15-3-2-4-22(23-9-16(7-8-40(23)44)26-20(35-27(15)43)12-34-41(26)28(31)32)38-14-33-19(11-25(38)42)18-10-17(29)5-6-21(18)39-13-24(30)36-37-39/h5-15,22,28,44H,2-4H2,1H3/p+1. The molecule has 4 aromatic heterocycles. The summed E-state index contributed by atoms with van der Waals surface area (Å²) in [5, 5.41) is 25.8. The van der Waals surface area contributed by atoms with E-state index in [-0.39, 0.29) is 33.7 Å². The van der Waals surface area contributed by atoms with Gasteiger partial charge in [-0.1, -0.05) is 41.8 Å². The van der Waals surface area contributed by atoms with Gasteiger partial charge in [-0.25, -0.2) is 14.3 Å². The van der Waals surface area contributed by atoms with Gasteiger partial charge in [-0.15, -0.1) is 5.10 Å². The highest BCUT2D eigenvalue weighted by Crippen LogP contribution is 2.35. The van der Waals surface area contributed by atoms with E-state index in [1.807, 2.05) is 0 Å². The molecule has 2 atom stereocenters. The second-order valence-corrected chi connectivity index (χ2v) is 11.1. The average molecular weight is 643 g/mol. The van der Waals surface area contributed by atoms with Crippen LogP contribution >= 0.6 is 23.2 Å². The Morgan fingerprint density at radius 1 is 1.14 bits per heavy atom. The van der Waals surface area contributed by atoms with E-state index in [1.165, 1.54) is 52.4 Å². The molecule has 0 spiro atoms. The van der Waals surface area contributed by atoms with Gasteiger partial charge in [0.05, 0.1) is 41.5 Å². The van der Waals surface area contributed by atoms with Gasteiger partial charge in [0.1, 0.15) is 6.04 Å². The first kappa shape index (κ1) is 29.4. The first-order chi connectivity index (χ1) is 21.1. The van der Waals surface area contributed by atoms with Crippen molar-refractivity contribution in [3.05, 3.63) is 87.5 Å². The SMILES string of the molecule is CC1CCCC(n2cnc(-c3cc(Cl)ccc3-n3cc(Cl)nn3)cc2=O)c2cc(cc[n+]2O)-c2c(cnn2C(F)F)NC1=O. The van der Waals surface area contributed by atoms with E-state index in [1.54, 1.807) is 25.1 Å². The maximum atomic E-state index is 14.0. The fourth-order valence-corrected chi connectivity index (χ4v) is 5.59. The van der Waals surface area contributed by atoms with Gasteiger partial charge in [-0.05, 0) is 31.0 Å². The molecular weight excluding hydrogens is 619 g/mol. The van der Waals surface area contributed by atoms with Crippen molar-refractivity contribution in [2.24, 2.45) is 5.92 Å². The van der Waals surface area contributed by atoms with Crippen LogP contribution in [-0.2, 0) is 4.79 Å². The number of hydrogen-bond acceptors (Lipinski definition) is 7. The highest BCUT2D eigenvalue weighted by molar-refractivity contribution is 6.31. The zero-order valence-electron chi connectivity index (χ0n) is 23.0. The van der Waals surface area contributed by atoms with Crippen LogP contribution in [0.4, 0.5) is 14.5 Å². The molecule has 2 unspecified atom stereocenters. The molecule has 1 amide bonds. The van der Waals surface area contributed by atoms with Crippen LogP contribution < -0.4 is 15.6 Å². The molecule has 44 heavy (non-hydrogen) atoms. The molecule has 0 saturated carbocycles. The summed E-state index contributed by atoms with van der Waals surface area (Å²) in [6, 6.07) is 8.45. The monoisotopic (exact) mass is 642 g/mol. The molecule has 0 fully saturated rings. The maximum absolute atomic E-state index is 14.0. The molecule has 0 saturated heterocycles. The van der Waals surface area contributed by atoms with Gasteiger partial charge in [-0.2, -0.15) is 13.9 Å². The molecule has 0 radical (unpaired) electrons. The van der Waals surface area contributed by atoms with Gasteiger partial charge in [-0.3, -0.25) is 19.4 Å². The number of carbonyl (C=O) groups is 1. The Bertz CT molecular complexity index is 1940. The number of rotatable bonds is 4. The quantitative estimate of drug-likeness (QED) is 0.209. The van der Waals surface area contributed by atoms with Gasteiger partial charge >= 0.3 is 6.55 Å². The van der Waals surface area contributed by atoms with Crippen LogP contribution in [0.2, 0.25) is 10.2 Å². The highest BCUT2D eigenvalue weighted by Gasteiger charge is 2.31. The Labute approximate surface area is 258 Å². The lowest BCUT2D eigenvalue weighted by Gasteiger charge is -2.20. The number of nitrogens with zero attached hydrogens (tertiary/aromatic N) is 8. The Morgan fingerprint density at radius 2 is 1.95 bits per heavy atom. The normalized spacial score (nSPS) is 17.1. The second kappa shape index (κ2) is 11.8. The number of pyridine rings is 1.